The summed E-state index contributed by atoms with van der Waals surface area (Å²) in [6.07, 6.45) is 0. The van der Waals surface area contributed by atoms with Crippen LogP contribution in [-0.2, 0) is 0 Å². The van der Waals surface area contributed by atoms with Crippen LogP contribution in [0, 0.1) is 10.1 Å². The predicted octanol–water partition coefficient (Wildman–Crippen LogP) is 1.43. The second-order valence-electron chi connectivity index (χ2n) is 1.90. The minimum absolute atomic E-state index is 0.232. The molecule has 0 fully saturated rings. The molecule has 13 heavy (non-hydrogen) atoms. The lowest BCUT2D eigenvalue weighted by Crippen LogP contribution is -1.90. The van der Waals surface area contributed by atoms with E-state index in [9.17, 15) is 14.9 Å². The Morgan fingerprint density at radius 3 is 2.85 bits per heavy atom. The molecule has 7 heteroatoms. The lowest BCUT2D eigenvalue weighted by molar-refractivity contribution is -0.402. The fourth-order valence-corrected chi connectivity index (χ4v) is 0.720. The summed E-state index contributed by atoms with van der Waals surface area (Å²) in [5.74, 6) is -1.53. The van der Waals surface area contributed by atoms with E-state index in [2.05, 4.69) is 21.6 Å². The molecular formula is C6H2N2O4S. The molecular weight excluding hydrogens is 196 g/mol. The number of carbonyl (C=O) groups is 1. The molecule has 6 nitrogen and oxygen atoms in total. The number of isothiocyanates is 1. The van der Waals surface area contributed by atoms with Crippen LogP contribution in [0.25, 0.3) is 0 Å². The number of nitro groups is 1. The van der Waals surface area contributed by atoms with Crippen molar-refractivity contribution in [2.45, 2.75) is 0 Å². The highest BCUT2D eigenvalue weighted by molar-refractivity contribution is 7.78. The first kappa shape index (κ1) is 9.24. The van der Waals surface area contributed by atoms with Gasteiger partial charge in [0.25, 0.3) is 0 Å². The van der Waals surface area contributed by atoms with Gasteiger partial charge in [-0.15, -0.1) is 4.99 Å². The van der Waals surface area contributed by atoms with Crippen LogP contribution in [0.3, 0.4) is 0 Å². The number of amides is 1. The molecule has 0 aliphatic carbocycles. The summed E-state index contributed by atoms with van der Waals surface area (Å²) in [5.41, 5.74) is 0. The average Bonchev–Trinajstić information content (AvgIpc) is 2.52. The van der Waals surface area contributed by atoms with Crippen LogP contribution in [0.4, 0.5) is 5.88 Å². The van der Waals surface area contributed by atoms with Gasteiger partial charge in [-0.3, -0.25) is 14.9 Å². The van der Waals surface area contributed by atoms with Gasteiger partial charge in [0, 0.05) is 0 Å². The Morgan fingerprint density at radius 1 is 1.69 bits per heavy atom. The standard InChI is InChI=1S/C6H2N2O4S/c9-6(7-3-13)4-1-2-5(12-4)8(10)11/h1-2H. The molecule has 0 aliphatic heterocycles. The van der Waals surface area contributed by atoms with E-state index in [0.29, 0.717) is 0 Å². The quantitative estimate of drug-likeness (QED) is 0.310. The first-order valence-electron chi connectivity index (χ1n) is 3.01. The fraction of sp³-hybridized carbons (Fsp3) is 0. The first-order valence-corrected chi connectivity index (χ1v) is 3.42. The first-order chi connectivity index (χ1) is 6.15. The number of furan rings is 1. The maximum atomic E-state index is 10.9. The largest absolute Gasteiger partial charge is 0.433 e. The number of hydrogen-bond acceptors (Lipinski definition) is 5. The molecule has 0 spiro atoms. The molecule has 0 saturated carbocycles. The molecule has 1 amide bonds. The monoisotopic (exact) mass is 198 g/mol. The molecule has 1 aromatic heterocycles. The van der Waals surface area contributed by atoms with Crippen LogP contribution < -0.4 is 0 Å². The van der Waals surface area contributed by atoms with E-state index < -0.39 is 16.7 Å². The minimum Gasteiger partial charge on any atom is -0.395 e. The molecule has 0 saturated heterocycles. The Bertz CT molecular complexity index is 405. The smallest absolute Gasteiger partial charge is 0.395 e. The molecule has 0 aliphatic rings. The van der Waals surface area contributed by atoms with E-state index in [0.717, 1.165) is 12.1 Å². The lowest BCUT2D eigenvalue weighted by Gasteiger charge is -1.83. The molecule has 0 radical (unpaired) electrons. The van der Waals surface area contributed by atoms with Gasteiger partial charge in [0.1, 0.15) is 4.92 Å². The molecule has 0 aromatic carbocycles. The van der Waals surface area contributed by atoms with Gasteiger partial charge in [-0.25, -0.2) is 0 Å². The molecule has 0 bridgehead atoms. The minimum atomic E-state index is -0.789. The Kier molecular flexibility index (Phi) is 2.63. The summed E-state index contributed by atoms with van der Waals surface area (Å²) >= 11 is 4.17. The fourth-order valence-electron chi connectivity index (χ4n) is 0.637. The third kappa shape index (κ3) is 2.05. The number of nitrogens with zero attached hydrogens (tertiary/aromatic N) is 2. The van der Waals surface area contributed by atoms with Gasteiger partial charge in [-0.1, -0.05) is 0 Å². The Morgan fingerprint density at radius 2 is 2.38 bits per heavy atom. The molecule has 0 N–H and O–H groups in total. The molecule has 0 atom stereocenters. The van der Waals surface area contributed by atoms with Crippen molar-refractivity contribution < 1.29 is 14.1 Å². The number of rotatable bonds is 2. The summed E-state index contributed by atoms with van der Waals surface area (Å²) in [6, 6.07) is 2.21. The average molecular weight is 198 g/mol. The van der Waals surface area contributed by atoms with Gasteiger partial charge < -0.3 is 4.42 Å². The number of aliphatic imine (C=N–C) groups is 1. The maximum Gasteiger partial charge on any atom is 0.433 e. The van der Waals surface area contributed by atoms with Crippen molar-refractivity contribution in [3.8, 4) is 0 Å². The molecule has 1 aromatic rings. The van der Waals surface area contributed by atoms with Crippen molar-refractivity contribution >= 4 is 29.2 Å². The van der Waals surface area contributed by atoms with Crippen LogP contribution >= 0.6 is 12.2 Å². The molecule has 0 unspecified atom stereocenters. The van der Waals surface area contributed by atoms with E-state index in [4.69, 9.17) is 0 Å². The predicted molar refractivity (Wildman–Crippen MR) is 44.7 cm³/mol. The number of hydrogen-bond donors (Lipinski definition) is 0. The van der Waals surface area contributed by atoms with Crippen molar-refractivity contribution in [1.82, 2.24) is 0 Å². The van der Waals surface area contributed by atoms with Gasteiger partial charge in [0.2, 0.25) is 5.76 Å². The number of carbonyl (C=O) groups excluding carboxylic acids is 1. The molecule has 1 heterocycles. The molecule has 66 valence electrons. The maximum absolute atomic E-state index is 10.9. The third-order valence-corrected chi connectivity index (χ3v) is 1.22. The van der Waals surface area contributed by atoms with Gasteiger partial charge in [0.05, 0.1) is 11.2 Å². The van der Waals surface area contributed by atoms with E-state index >= 15 is 0 Å². The summed E-state index contributed by atoms with van der Waals surface area (Å²) in [6.45, 7) is 0. The highest BCUT2D eigenvalue weighted by atomic mass is 32.1. The normalized spacial score (nSPS) is 8.92. The van der Waals surface area contributed by atoms with E-state index in [1.54, 1.807) is 0 Å². The number of thiocarbonyl (C=S) groups is 1. The van der Waals surface area contributed by atoms with Gasteiger partial charge in [-0.05, 0) is 18.3 Å². The van der Waals surface area contributed by atoms with E-state index in [-0.39, 0.29) is 5.76 Å². The van der Waals surface area contributed by atoms with Crippen LogP contribution in [0.1, 0.15) is 10.6 Å². The summed E-state index contributed by atoms with van der Waals surface area (Å²) < 4.78 is 4.53. The van der Waals surface area contributed by atoms with Gasteiger partial charge >= 0.3 is 11.8 Å². The summed E-state index contributed by atoms with van der Waals surface area (Å²) in [7, 11) is 0. The zero-order chi connectivity index (χ0) is 9.84. The van der Waals surface area contributed by atoms with Crippen LogP contribution in [0.15, 0.2) is 21.5 Å². The van der Waals surface area contributed by atoms with Crippen LogP contribution in [-0.4, -0.2) is 16.0 Å². The summed E-state index contributed by atoms with van der Waals surface area (Å²) in [5, 5.41) is 12.0. The van der Waals surface area contributed by atoms with Crippen molar-refractivity contribution in [3.63, 3.8) is 0 Å². The highest BCUT2D eigenvalue weighted by Crippen LogP contribution is 2.15. The lowest BCUT2D eigenvalue weighted by atomic mass is 10.4. The zero-order valence-electron chi connectivity index (χ0n) is 6.09. The van der Waals surface area contributed by atoms with E-state index in [1.807, 2.05) is 5.16 Å². The van der Waals surface area contributed by atoms with Crippen molar-refractivity contribution in [2.24, 2.45) is 4.99 Å². The Hall–Kier alpha value is -1.85. The van der Waals surface area contributed by atoms with Gasteiger partial charge in [-0.2, -0.15) is 0 Å². The van der Waals surface area contributed by atoms with Gasteiger partial charge in [0.15, 0.2) is 0 Å². The third-order valence-electron chi connectivity index (χ3n) is 1.13. The van der Waals surface area contributed by atoms with Crippen molar-refractivity contribution in [3.05, 3.63) is 28.0 Å². The topological polar surface area (TPSA) is 85.7 Å². The SMILES string of the molecule is O=C(N=C=S)c1ccc([N+](=O)[O-])o1. The van der Waals surface area contributed by atoms with E-state index in [1.165, 1.54) is 0 Å². The Balaban J connectivity index is 2.98. The molecule has 1 rings (SSSR count). The Labute approximate surface area is 77.0 Å². The van der Waals surface area contributed by atoms with Crippen molar-refractivity contribution in [2.75, 3.05) is 0 Å². The van der Waals surface area contributed by atoms with Crippen molar-refractivity contribution in [1.29, 1.82) is 0 Å². The van der Waals surface area contributed by atoms with Crippen LogP contribution in [0.5, 0.6) is 0 Å². The van der Waals surface area contributed by atoms with Crippen LogP contribution in [0.2, 0.25) is 0 Å². The summed E-state index contributed by atoms with van der Waals surface area (Å²) in [4.78, 5) is 23.3. The zero-order valence-corrected chi connectivity index (χ0v) is 6.91. The second kappa shape index (κ2) is 3.70. The second-order valence-corrected chi connectivity index (χ2v) is 2.09. The highest BCUT2D eigenvalue weighted by Gasteiger charge is 2.16.